The number of ether oxygens (including phenoxy) is 1. The molecule has 6 heteroatoms. The largest absolute Gasteiger partial charge is 0.444 e. The molecule has 0 aliphatic rings. The van der Waals surface area contributed by atoms with Crippen LogP contribution in [0.3, 0.4) is 0 Å². The predicted molar refractivity (Wildman–Crippen MR) is 66.7 cm³/mol. The summed E-state index contributed by atoms with van der Waals surface area (Å²) in [5.74, 6) is -0.367. The molecule has 0 radical (unpaired) electrons. The van der Waals surface area contributed by atoms with E-state index in [1.165, 1.54) is 0 Å². The molecule has 0 aliphatic heterocycles. The van der Waals surface area contributed by atoms with Crippen LogP contribution < -0.4 is 10.6 Å². The van der Waals surface area contributed by atoms with Crippen molar-refractivity contribution in [2.45, 2.75) is 52.2 Å². The Morgan fingerprint density at radius 2 is 1.78 bits per heavy atom. The van der Waals surface area contributed by atoms with Gasteiger partial charge in [-0.05, 0) is 34.6 Å². The Labute approximate surface area is 108 Å². The molecule has 2 amide bonds. The molecule has 18 heavy (non-hydrogen) atoms. The predicted octanol–water partition coefficient (Wildman–Crippen LogP) is 1.32. The highest BCUT2D eigenvalue weighted by atomic mass is 16.6. The molecule has 0 atom stereocenters. The third kappa shape index (κ3) is 8.39. The molecule has 0 aromatic heterocycles. The number of hydrogen-bond donors (Lipinski definition) is 2. The minimum Gasteiger partial charge on any atom is -0.444 e. The van der Waals surface area contributed by atoms with Gasteiger partial charge in [-0.25, -0.2) is 4.79 Å². The molecule has 0 rings (SSSR count). The molecule has 0 saturated carbocycles. The van der Waals surface area contributed by atoms with E-state index in [0.717, 1.165) is 0 Å². The standard InChI is InChI=1S/C12H21N3O3/c1-11(2,3)18-10(17)14-8-12(4,5)15-9(16)6-7-13/h6,8H2,1-5H3,(H,14,17)(H,15,16). The lowest BCUT2D eigenvalue weighted by Gasteiger charge is -2.27. The van der Waals surface area contributed by atoms with Crippen molar-refractivity contribution in [3.8, 4) is 6.07 Å². The first-order chi connectivity index (χ1) is 8.06. The highest BCUT2D eigenvalue weighted by molar-refractivity contribution is 5.78. The van der Waals surface area contributed by atoms with Gasteiger partial charge < -0.3 is 15.4 Å². The zero-order chi connectivity index (χ0) is 14.4. The molecular weight excluding hydrogens is 234 g/mol. The number of nitrogens with zero attached hydrogens (tertiary/aromatic N) is 1. The van der Waals surface area contributed by atoms with Crippen LogP contribution in [0.5, 0.6) is 0 Å². The number of amides is 2. The average molecular weight is 255 g/mol. The van der Waals surface area contributed by atoms with Gasteiger partial charge in [-0.15, -0.1) is 0 Å². The first kappa shape index (κ1) is 16.2. The van der Waals surface area contributed by atoms with Crippen LogP contribution in [0.25, 0.3) is 0 Å². The van der Waals surface area contributed by atoms with Crippen LogP contribution in [0, 0.1) is 11.3 Å². The maximum atomic E-state index is 11.4. The Morgan fingerprint density at radius 1 is 1.22 bits per heavy atom. The molecule has 0 bridgehead atoms. The summed E-state index contributed by atoms with van der Waals surface area (Å²) in [6, 6.07) is 1.76. The molecular formula is C12H21N3O3. The van der Waals surface area contributed by atoms with Gasteiger partial charge in [0.1, 0.15) is 12.0 Å². The van der Waals surface area contributed by atoms with Crippen LogP contribution in [0.2, 0.25) is 0 Å². The second kappa shape index (κ2) is 6.24. The van der Waals surface area contributed by atoms with Gasteiger partial charge in [0.25, 0.3) is 0 Å². The second-order valence-corrected chi connectivity index (χ2v) is 5.62. The molecule has 0 heterocycles. The Hall–Kier alpha value is -1.77. The first-order valence-corrected chi connectivity index (χ1v) is 5.70. The zero-order valence-electron chi connectivity index (χ0n) is 11.6. The van der Waals surface area contributed by atoms with Crippen LogP contribution in [0.15, 0.2) is 0 Å². The first-order valence-electron chi connectivity index (χ1n) is 5.70. The SMILES string of the molecule is CC(C)(CNC(=O)OC(C)(C)C)NC(=O)CC#N. The monoisotopic (exact) mass is 255 g/mol. The highest BCUT2D eigenvalue weighted by Crippen LogP contribution is 2.07. The fourth-order valence-electron chi connectivity index (χ4n) is 1.14. The Morgan fingerprint density at radius 3 is 2.22 bits per heavy atom. The molecule has 0 unspecified atom stereocenters. The highest BCUT2D eigenvalue weighted by Gasteiger charge is 2.23. The molecule has 0 aromatic carbocycles. The van der Waals surface area contributed by atoms with Crippen LogP contribution in [-0.2, 0) is 9.53 Å². The van der Waals surface area contributed by atoms with Crippen molar-refractivity contribution in [2.75, 3.05) is 6.54 Å². The van der Waals surface area contributed by atoms with E-state index in [-0.39, 0.29) is 18.9 Å². The number of hydrogen-bond acceptors (Lipinski definition) is 4. The summed E-state index contributed by atoms with van der Waals surface area (Å²) in [4.78, 5) is 22.7. The van der Waals surface area contributed by atoms with Crippen LogP contribution >= 0.6 is 0 Å². The van der Waals surface area contributed by atoms with Crippen molar-refractivity contribution in [3.63, 3.8) is 0 Å². The lowest BCUT2D eigenvalue weighted by atomic mass is 10.1. The van der Waals surface area contributed by atoms with E-state index in [0.29, 0.717) is 0 Å². The number of carbonyl (C=O) groups excluding carboxylic acids is 2. The molecule has 2 N–H and O–H groups in total. The van der Waals surface area contributed by atoms with Gasteiger partial charge in [-0.1, -0.05) is 0 Å². The van der Waals surface area contributed by atoms with Gasteiger partial charge in [-0.3, -0.25) is 4.79 Å². The summed E-state index contributed by atoms with van der Waals surface area (Å²) in [6.07, 6.45) is -0.735. The van der Waals surface area contributed by atoms with Crippen molar-refractivity contribution >= 4 is 12.0 Å². The van der Waals surface area contributed by atoms with E-state index in [9.17, 15) is 9.59 Å². The quantitative estimate of drug-likeness (QED) is 0.792. The lowest BCUT2D eigenvalue weighted by molar-refractivity contribution is -0.121. The maximum absolute atomic E-state index is 11.4. The zero-order valence-corrected chi connectivity index (χ0v) is 11.6. The van der Waals surface area contributed by atoms with E-state index in [4.69, 9.17) is 10.00 Å². The minimum atomic E-state index is -0.634. The Balaban J connectivity index is 4.15. The van der Waals surface area contributed by atoms with E-state index < -0.39 is 17.2 Å². The molecule has 6 nitrogen and oxygen atoms in total. The number of rotatable bonds is 4. The van der Waals surface area contributed by atoms with Crippen molar-refractivity contribution in [3.05, 3.63) is 0 Å². The fraction of sp³-hybridized carbons (Fsp3) is 0.750. The van der Waals surface area contributed by atoms with E-state index in [1.54, 1.807) is 40.7 Å². The molecule has 0 fully saturated rings. The van der Waals surface area contributed by atoms with Gasteiger partial charge in [0.05, 0.1) is 11.6 Å². The van der Waals surface area contributed by atoms with Crippen LogP contribution in [0.1, 0.15) is 41.0 Å². The van der Waals surface area contributed by atoms with Gasteiger partial charge in [0.2, 0.25) is 5.91 Å². The van der Waals surface area contributed by atoms with E-state index in [2.05, 4.69) is 10.6 Å². The maximum Gasteiger partial charge on any atom is 0.407 e. The van der Waals surface area contributed by atoms with Crippen LogP contribution in [-0.4, -0.2) is 29.7 Å². The van der Waals surface area contributed by atoms with E-state index in [1.807, 2.05) is 0 Å². The van der Waals surface area contributed by atoms with Crippen molar-refractivity contribution in [2.24, 2.45) is 0 Å². The average Bonchev–Trinajstić information content (AvgIpc) is 2.11. The third-order valence-electron chi connectivity index (χ3n) is 1.79. The van der Waals surface area contributed by atoms with Crippen LogP contribution in [0.4, 0.5) is 4.79 Å². The van der Waals surface area contributed by atoms with Gasteiger partial charge >= 0.3 is 6.09 Å². The summed E-state index contributed by atoms with van der Waals surface area (Å²) < 4.78 is 5.07. The van der Waals surface area contributed by atoms with Gasteiger partial charge in [0, 0.05) is 6.54 Å². The fourth-order valence-corrected chi connectivity index (χ4v) is 1.14. The number of alkyl carbamates (subject to hydrolysis) is 1. The minimum absolute atomic E-state index is 0.199. The Kier molecular flexibility index (Phi) is 5.63. The summed E-state index contributed by atoms with van der Waals surface area (Å²) in [5, 5.41) is 13.6. The molecule has 0 aromatic rings. The molecule has 0 saturated heterocycles. The molecule has 102 valence electrons. The third-order valence-corrected chi connectivity index (χ3v) is 1.79. The lowest BCUT2D eigenvalue weighted by Crippen LogP contribution is -2.51. The smallest absolute Gasteiger partial charge is 0.407 e. The summed E-state index contributed by atoms with van der Waals surface area (Å²) in [6.45, 7) is 9.03. The van der Waals surface area contributed by atoms with Gasteiger partial charge in [0.15, 0.2) is 0 Å². The molecule has 0 aliphatic carbocycles. The molecule has 0 spiro atoms. The summed E-state index contributed by atoms with van der Waals surface area (Å²) >= 11 is 0. The van der Waals surface area contributed by atoms with Crippen molar-refractivity contribution < 1.29 is 14.3 Å². The number of carbonyl (C=O) groups is 2. The summed E-state index contributed by atoms with van der Waals surface area (Å²) in [7, 11) is 0. The van der Waals surface area contributed by atoms with E-state index >= 15 is 0 Å². The number of nitriles is 1. The Bertz CT molecular complexity index is 351. The van der Waals surface area contributed by atoms with Crippen molar-refractivity contribution in [1.82, 2.24) is 10.6 Å². The van der Waals surface area contributed by atoms with Crippen molar-refractivity contribution in [1.29, 1.82) is 5.26 Å². The normalized spacial score (nSPS) is 11.3. The second-order valence-electron chi connectivity index (χ2n) is 5.62. The topological polar surface area (TPSA) is 91.2 Å². The number of nitrogens with one attached hydrogen (secondary N) is 2. The van der Waals surface area contributed by atoms with Gasteiger partial charge in [-0.2, -0.15) is 5.26 Å². The summed E-state index contributed by atoms with van der Waals surface area (Å²) in [5.41, 5.74) is -1.19.